The number of amides is 4. The predicted octanol–water partition coefficient (Wildman–Crippen LogP) is 1.19. The van der Waals surface area contributed by atoms with E-state index in [1.54, 1.807) is 0 Å². The minimum absolute atomic E-state index is 0.0696. The van der Waals surface area contributed by atoms with Gasteiger partial charge < -0.3 is 21.5 Å². The Morgan fingerprint density at radius 2 is 1.16 bits per heavy atom. The van der Waals surface area contributed by atoms with Crippen LogP contribution in [0.25, 0.3) is 0 Å². The topological polar surface area (TPSA) is 179 Å². The van der Waals surface area contributed by atoms with Crippen LogP contribution in [0.4, 0.5) is 11.8 Å². The molecular formula is C21H18N6O5. The number of nitrogens with one attached hydrogen (secondary N) is 2. The number of rotatable bonds is 7. The first kappa shape index (κ1) is 21.9. The van der Waals surface area contributed by atoms with Crippen LogP contribution >= 0.6 is 0 Å². The molecule has 0 bridgehead atoms. The van der Waals surface area contributed by atoms with Crippen molar-refractivity contribution in [3.8, 4) is 5.88 Å². The van der Waals surface area contributed by atoms with Crippen molar-refractivity contribution in [1.82, 2.24) is 9.97 Å². The Morgan fingerprint density at radius 3 is 1.59 bits per heavy atom. The van der Waals surface area contributed by atoms with E-state index >= 15 is 0 Å². The van der Waals surface area contributed by atoms with Crippen LogP contribution in [-0.4, -0.2) is 40.7 Å². The average molecular weight is 434 g/mol. The number of nitrogens with two attached hydrogens (primary N) is 2. The van der Waals surface area contributed by atoms with E-state index in [2.05, 4.69) is 20.6 Å². The van der Waals surface area contributed by atoms with Crippen LogP contribution in [0, 0.1) is 0 Å². The highest BCUT2D eigenvalue weighted by molar-refractivity contribution is 6.06. The summed E-state index contributed by atoms with van der Waals surface area (Å²) in [7, 11) is 1.37. The fourth-order valence-electron chi connectivity index (χ4n) is 2.58. The van der Waals surface area contributed by atoms with Crippen LogP contribution in [-0.2, 0) is 0 Å². The zero-order chi connectivity index (χ0) is 23.3. The molecule has 3 rings (SSSR count). The first-order chi connectivity index (χ1) is 15.3. The molecule has 0 saturated carbocycles. The van der Waals surface area contributed by atoms with Crippen LogP contribution in [0.1, 0.15) is 41.4 Å². The van der Waals surface area contributed by atoms with Crippen molar-refractivity contribution in [3.05, 3.63) is 76.9 Å². The van der Waals surface area contributed by atoms with Gasteiger partial charge in [-0.1, -0.05) is 0 Å². The summed E-state index contributed by atoms with van der Waals surface area (Å²) in [5, 5.41) is 5.06. The van der Waals surface area contributed by atoms with E-state index in [0.717, 1.165) is 0 Å². The number of benzene rings is 2. The molecule has 0 aliphatic rings. The lowest BCUT2D eigenvalue weighted by molar-refractivity contribution is 0.0991. The molecule has 1 aromatic heterocycles. The van der Waals surface area contributed by atoms with E-state index in [-0.39, 0.29) is 39.9 Å². The molecule has 0 saturated heterocycles. The third kappa shape index (κ3) is 5.21. The molecule has 3 aromatic rings. The molecule has 0 aliphatic heterocycles. The largest absolute Gasteiger partial charge is 0.481 e. The van der Waals surface area contributed by atoms with Crippen molar-refractivity contribution in [2.45, 2.75) is 0 Å². The Bertz CT molecular complexity index is 1100. The van der Waals surface area contributed by atoms with Crippen molar-refractivity contribution in [1.29, 1.82) is 0 Å². The number of anilines is 2. The maximum atomic E-state index is 12.5. The zero-order valence-corrected chi connectivity index (χ0v) is 16.8. The highest BCUT2D eigenvalue weighted by atomic mass is 16.5. The molecule has 0 aliphatic carbocycles. The number of hydrogen-bond acceptors (Lipinski definition) is 7. The molecular weight excluding hydrogens is 416 g/mol. The maximum absolute atomic E-state index is 12.5. The normalized spacial score (nSPS) is 10.2. The summed E-state index contributed by atoms with van der Waals surface area (Å²) in [6.07, 6.45) is 0. The summed E-state index contributed by atoms with van der Waals surface area (Å²) in [6, 6.07) is 12.8. The van der Waals surface area contributed by atoms with Crippen molar-refractivity contribution >= 4 is 35.4 Å². The number of methoxy groups -OCH3 is 1. The van der Waals surface area contributed by atoms with Crippen LogP contribution < -0.4 is 26.8 Å². The summed E-state index contributed by atoms with van der Waals surface area (Å²) in [4.78, 5) is 55.4. The van der Waals surface area contributed by atoms with Gasteiger partial charge in [-0.25, -0.2) is 0 Å². The molecule has 0 atom stereocenters. The first-order valence-corrected chi connectivity index (χ1v) is 9.12. The highest BCUT2D eigenvalue weighted by Gasteiger charge is 2.14. The van der Waals surface area contributed by atoms with Gasteiger partial charge in [-0.15, -0.1) is 0 Å². The number of primary amides is 2. The Kier molecular flexibility index (Phi) is 6.39. The van der Waals surface area contributed by atoms with Gasteiger partial charge in [-0.3, -0.25) is 24.5 Å². The maximum Gasteiger partial charge on any atom is 0.258 e. The van der Waals surface area contributed by atoms with E-state index in [4.69, 9.17) is 16.2 Å². The summed E-state index contributed by atoms with van der Waals surface area (Å²) in [5.74, 6) is -2.23. The van der Waals surface area contributed by atoms with Crippen molar-refractivity contribution < 1.29 is 23.9 Å². The van der Waals surface area contributed by atoms with Gasteiger partial charge in [-0.05, 0) is 48.5 Å². The molecule has 4 amide bonds. The van der Waals surface area contributed by atoms with Crippen LogP contribution in [0.5, 0.6) is 5.88 Å². The van der Waals surface area contributed by atoms with Crippen LogP contribution in [0.2, 0.25) is 0 Å². The van der Waals surface area contributed by atoms with Crippen LogP contribution in [0.3, 0.4) is 0 Å². The molecule has 32 heavy (non-hydrogen) atoms. The molecule has 2 aromatic carbocycles. The van der Waals surface area contributed by atoms with Crippen molar-refractivity contribution in [2.24, 2.45) is 11.5 Å². The predicted molar refractivity (Wildman–Crippen MR) is 114 cm³/mol. The highest BCUT2D eigenvalue weighted by Crippen LogP contribution is 2.18. The summed E-state index contributed by atoms with van der Waals surface area (Å²) in [5.41, 5.74) is 11.4. The molecule has 11 nitrogen and oxygen atoms in total. The standard InChI is InChI=1S/C21H18N6O5/c1-32-16-10-15(24-19(30)13-6-2-11(3-7-13)17(22)28)25-21(26-16)27-20(31)14-8-4-12(5-9-14)18(23)29/h2-10H,1H3,(H2,22,28)(H2,23,29)(H2,24,25,26,27,30,31). The van der Waals surface area contributed by atoms with Gasteiger partial charge in [0.25, 0.3) is 11.8 Å². The minimum Gasteiger partial charge on any atom is -0.481 e. The first-order valence-electron chi connectivity index (χ1n) is 9.12. The number of hydrogen-bond donors (Lipinski definition) is 4. The second-order valence-electron chi connectivity index (χ2n) is 6.41. The number of aromatic nitrogens is 2. The summed E-state index contributed by atoms with van der Waals surface area (Å²) in [6.45, 7) is 0. The Balaban J connectivity index is 1.77. The molecule has 11 heteroatoms. The van der Waals surface area contributed by atoms with Gasteiger partial charge in [0.2, 0.25) is 23.6 Å². The molecule has 1 heterocycles. The van der Waals surface area contributed by atoms with Gasteiger partial charge >= 0.3 is 0 Å². The third-order valence-corrected chi connectivity index (χ3v) is 4.24. The second-order valence-corrected chi connectivity index (χ2v) is 6.41. The molecule has 6 N–H and O–H groups in total. The van der Waals surface area contributed by atoms with Gasteiger partial charge in [0.05, 0.1) is 7.11 Å². The van der Waals surface area contributed by atoms with Gasteiger partial charge in [0, 0.05) is 28.3 Å². The Morgan fingerprint density at radius 1 is 0.719 bits per heavy atom. The lowest BCUT2D eigenvalue weighted by Gasteiger charge is -2.10. The molecule has 162 valence electrons. The number of carbonyl (C=O) groups excluding carboxylic acids is 4. The molecule has 0 spiro atoms. The van der Waals surface area contributed by atoms with Crippen molar-refractivity contribution in [2.75, 3.05) is 17.7 Å². The van der Waals surface area contributed by atoms with E-state index in [9.17, 15) is 19.2 Å². The van der Waals surface area contributed by atoms with E-state index in [1.165, 1.54) is 61.7 Å². The average Bonchev–Trinajstić information content (AvgIpc) is 2.78. The third-order valence-electron chi connectivity index (χ3n) is 4.24. The number of ether oxygens (including phenoxy) is 1. The zero-order valence-electron chi connectivity index (χ0n) is 16.8. The van der Waals surface area contributed by atoms with E-state index < -0.39 is 23.6 Å². The SMILES string of the molecule is COc1cc(NC(=O)c2ccc(C(N)=O)cc2)nc(NC(=O)c2ccc(C(N)=O)cc2)n1. The van der Waals surface area contributed by atoms with E-state index in [1.807, 2.05) is 0 Å². The smallest absolute Gasteiger partial charge is 0.258 e. The fraction of sp³-hybridized carbons (Fsp3) is 0.0476. The second kappa shape index (κ2) is 9.34. The lowest BCUT2D eigenvalue weighted by Crippen LogP contribution is -2.18. The Hall–Kier alpha value is -4.80. The Labute approximate surface area is 181 Å². The number of carbonyl (C=O) groups is 4. The van der Waals surface area contributed by atoms with Gasteiger partial charge in [0.15, 0.2) is 0 Å². The summed E-state index contributed by atoms with van der Waals surface area (Å²) >= 11 is 0. The lowest BCUT2D eigenvalue weighted by atomic mass is 10.1. The molecule has 0 unspecified atom stereocenters. The fourth-order valence-corrected chi connectivity index (χ4v) is 2.58. The number of nitrogens with zero attached hydrogens (tertiary/aromatic N) is 2. The van der Waals surface area contributed by atoms with Gasteiger partial charge in [-0.2, -0.15) is 9.97 Å². The molecule has 0 fully saturated rings. The van der Waals surface area contributed by atoms with Crippen molar-refractivity contribution in [3.63, 3.8) is 0 Å². The summed E-state index contributed by atoms with van der Waals surface area (Å²) < 4.78 is 5.10. The quantitative estimate of drug-likeness (QED) is 0.431. The van der Waals surface area contributed by atoms with Crippen LogP contribution in [0.15, 0.2) is 54.6 Å². The monoisotopic (exact) mass is 434 g/mol. The van der Waals surface area contributed by atoms with E-state index in [0.29, 0.717) is 0 Å². The van der Waals surface area contributed by atoms with Gasteiger partial charge in [0.1, 0.15) is 5.82 Å². The minimum atomic E-state index is -0.613. The molecule has 0 radical (unpaired) electrons.